The Balaban J connectivity index is 1.60. The predicted octanol–water partition coefficient (Wildman–Crippen LogP) is 3.61. The molecular formula is C24H28N6O. The van der Waals surface area contributed by atoms with E-state index in [0.717, 1.165) is 54.4 Å². The molecule has 0 bridgehead atoms. The summed E-state index contributed by atoms with van der Waals surface area (Å²) in [7, 11) is 3.89. The monoisotopic (exact) mass is 416 g/mol. The number of hydrogen-bond acceptors (Lipinski definition) is 5. The number of anilines is 2. The average molecular weight is 417 g/mol. The number of aromatic nitrogens is 2. The second-order valence-electron chi connectivity index (χ2n) is 7.91. The molecule has 0 aliphatic carbocycles. The molecule has 31 heavy (non-hydrogen) atoms. The molecule has 0 spiro atoms. The molecule has 3 aromatic rings. The highest BCUT2D eigenvalue weighted by molar-refractivity contribution is 5.96. The van der Waals surface area contributed by atoms with Crippen LogP contribution in [0.15, 0.2) is 59.7 Å². The summed E-state index contributed by atoms with van der Waals surface area (Å²) in [6.45, 7) is 3.95. The third-order valence-corrected chi connectivity index (χ3v) is 5.47. The normalized spacial score (nSPS) is 13.7. The first-order valence-electron chi connectivity index (χ1n) is 10.6. The minimum atomic E-state index is -0.240. The Hall–Kier alpha value is -3.61. The van der Waals surface area contributed by atoms with Gasteiger partial charge in [-0.3, -0.25) is 4.79 Å². The van der Waals surface area contributed by atoms with E-state index in [1.54, 1.807) is 12.3 Å². The summed E-state index contributed by atoms with van der Waals surface area (Å²) in [5.41, 5.74) is 7.01. The zero-order valence-electron chi connectivity index (χ0n) is 18.2. The third-order valence-electron chi connectivity index (χ3n) is 5.47. The van der Waals surface area contributed by atoms with Crippen molar-refractivity contribution in [2.24, 2.45) is 5.10 Å². The van der Waals surface area contributed by atoms with Gasteiger partial charge in [0.2, 0.25) is 0 Å². The quantitative estimate of drug-likeness (QED) is 0.492. The van der Waals surface area contributed by atoms with Gasteiger partial charge >= 0.3 is 0 Å². The number of nitrogens with one attached hydrogen (secondary N) is 1. The van der Waals surface area contributed by atoms with Crippen molar-refractivity contribution in [3.63, 3.8) is 0 Å². The number of carbonyl (C=O) groups excluding carboxylic acids is 1. The number of amides is 1. The van der Waals surface area contributed by atoms with E-state index in [9.17, 15) is 4.79 Å². The van der Waals surface area contributed by atoms with Crippen LogP contribution in [0.1, 0.15) is 34.5 Å². The van der Waals surface area contributed by atoms with Crippen LogP contribution in [0.2, 0.25) is 0 Å². The molecule has 1 aliphatic rings. The molecule has 160 valence electrons. The molecule has 7 nitrogen and oxygen atoms in total. The van der Waals surface area contributed by atoms with Gasteiger partial charge in [-0.25, -0.2) is 10.1 Å². The Morgan fingerprint density at radius 2 is 1.84 bits per heavy atom. The van der Waals surface area contributed by atoms with Crippen LogP contribution in [0.25, 0.3) is 5.69 Å². The Morgan fingerprint density at radius 3 is 2.55 bits per heavy atom. The Morgan fingerprint density at radius 1 is 1.10 bits per heavy atom. The van der Waals surface area contributed by atoms with Gasteiger partial charge in [-0.2, -0.15) is 10.2 Å². The molecule has 0 saturated carbocycles. The van der Waals surface area contributed by atoms with Crippen LogP contribution in [0.3, 0.4) is 0 Å². The number of benzene rings is 2. The minimum absolute atomic E-state index is 0.240. The maximum atomic E-state index is 12.6. The number of rotatable bonds is 6. The average Bonchev–Trinajstić information content (AvgIpc) is 3.42. The van der Waals surface area contributed by atoms with Crippen molar-refractivity contribution in [3.05, 3.63) is 71.4 Å². The lowest BCUT2D eigenvalue weighted by atomic mass is 10.2. The summed E-state index contributed by atoms with van der Waals surface area (Å²) in [5.74, 6) is 0.782. The van der Waals surface area contributed by atoms with Crippen LogP contribution in [0, 0.1) is 6.92 Å². The maximum absolute atomic E-state index is 12.6. The van der Waals surface area contributed by atoms with Gasteiger partial charge in [-0.15, -0.1) is 0 Å². The molecular weight excluding hydrogens is 388 g/mol. The summed E-state index contributed by atoms with van der Waals surface area (Å²) < 4.78 is 1.98. The summed E-state index contributed by atoms with van der Waals surface area (Å²) in [6.07, 6.45) is 4.03. The van der Waals surface area contributed by atoms with Gasteiger partial charge in [0.1, 0.15) is 5.82 Å². The van der Waals surface area contributed by atoms with E-state index >= 15 is 0 Å². The summed E-state index contributed by atoms with van der Waals surface area (Å²) in [4.78, 5) is 16.9. The van der Waals surface area contributed by atoms with Crippen molar-refractivity contribution in [1.29, 1.82) is 0 Å². The second-order valence-corrected chi connectivity index (χ2v) is 7.91. The molecule has 0 atom stereocenters. The number of aryl methyl sites for hydroxylation is 1. The molecule has 1 saturated heterocycles. The lowest BCUT2D eigenvalue weighted by Gasteiger charge is -2.20. The Labute approximate surface area is 183 Å². The van der Waals surface area contributed by atoms with Gasteiger partial charge in [-0.1, -0.05) is 24.3 Å². The summed E-state index contributed by atoms with van der Waals surface area (Å²) in [5, 5.41) is 9.05. The smallest absolute Gasteiger partial charge is 0.271 e. The first-order chi connectivity index (χ1) is 15.0. The fourth-order valence-electron chi connectivity index (χ4n) is 3.81. The molecule has 2 aromatic carbocycles. The SMILES string of the molecule is Cc1nn(-c2ccccc2)c(N2CCCC2)c1/C=N/NC(=O)c1cccc(N(C)C)c1. The summed E-state index contributed by atoms with van der Waals surface area (Å²) >= 11 is 0. The topological polar surface area (TPSA) is 65.8 Å². The number of para-hydroxylation sites is 1. The van der Waals surface area contributed by atoms with Gasteiger partial charge < -0.3 is 9.80 Å². The largest absolute Gasteiger partial charge is 0.378 e. The molecule has 2 heterocycles. The molecule has 7 heteroatoms. The van der Waals surface area contributed by atoms with E-state index in [1.165, 1.54) is 0 Å². The van der Waals surface area contributed by atoms with Gasteiger partial charge in [-0.05, 0) is 50.1 Å². The zero-order chi connectivity index (χ0) is 21.8. The molecule has 0 unspecified atom stereocenters. The lowest BCUT2D eigenvalue weighted by Crippen LogP contribution is -2.23. The van der Waals surface area contributed by atoms with E-state index in [-0.39, 0.29) is 5.91 Å². The van der Waals surface area contributed by atoms with Gasteiger partial charge in [0.05, 0.1) is 23.2 Å². The van der Waals surface area contributed by atoms with Crippen molar-refractivity contribution < 1.29 is 4.79 Å². The standard InChI is InChI=1S/C24H28N6O/c1-18-22(17-25-26-23(31)19-10-9-13-21(16-19)28(2)3)24(29-14-7-8-15-29)30(27-18)20-11-5-4-6-12-20/h4-6,9-13,16-17H,7-8,14-15H2,1-3H3,(H,26,31)/b25-17+. The zero-order valence-corrected chi connectivity index (χ0v) is 18.2. The number of hydrazone groups is 1. The minimum Gasteiger partial charge on any atom is -0.378 e. The summed E-state index contributed by atoms with van der Waals surface area (Å²) in [6, 6.07) is 17.6. The first kappa shape index (κ1) is 20.7. The van der Waals surface area contributed by atoms with Gasteiger partial charge in [0, 0.05) is 38.4 Å². The van der Waals surface area contributed by atoms with Crippen molar-refractivity contribution in [2.75, 3.05) is 37.0 Å². The van der Waals surface area contributed by atoms with Crippen LogP contribution in [-0.2, 0) is 0 Å². The molecule has 1 amide bonds. The Kier molecular flexibility index (Phi) is 6.02. The van der Waals surface area contributed by atoms with E-state index in [4.69, 9.17) is 5.10 Å². The first-order valence-corrected chi connectivity index (χ1v) is 10.6. The van der Waals surface area contributed by atoms with Crippen LogP contribution in [-0.4, -0.2) is 49.1 Å². The van der Waals surface area contributed by atoms with Crippen molar-refractivity contribution in [1.82, 2.24) is 15.2 Å². The van der Waals surface area contributed by atoms with Crippen LogP contribution >= 0.6 is 0 Å². The molecule has 1 aromatic heterocycles. The van der Waals surface area contributed by atoms with E-state index in [2.05, 4.69) is 15.4 Å². The number of carbonyl (C=O) groups is 1. The number of hydrogen-bond donors (Lipinski definition) is 1. The van der Waals surface area contributed by atoms with Crippen LogP contribution < -0.4 is 15.2 Å². The van der Waals surface area contributed by atoms with Gasteiger partial charge in [0.25, 0.3) is 5.91 Å². The van der Waals surface area contributed by atoms with E-state index in [0.29, 0.717) is 5.56 Å². The van der Waals surface area contributed by atoms with Gasteiger partial charge in [0.15, 0.2) is 0 Å². The molecule has 1 fully saturated rings. The molecule has 4 rings (SSSR count). The van der Waals surface area contributed by atoms with Crippen molar-refractivity contribution in [2.45, 2.75) is 19.8 Å². The molecule has 1 aliphatic heterocycles. The predicted molar refractivity (Wildman–Crippen MR) is 126 cm³/mol. The highest BCUT2D eigenvalue weighted by atomic mass is 16.2. The second kappa shape index (κ2) is 9.04. The highest BCUT2D eigenvalue weighted by Gasteiger charge is 2.23. The van der Waals surface area contributed by atoms with Crippen LogP contribution in [0.5, 0.6) is 0 Å². The van der Waals surface area contributed by atoms with E-state index in [1.807, 2.05) is 79.1 Å². The van der Waals surface area contributed by atoms with E-state index < -0.39 is 0 Å². The fourth-order valence-corrected chi connectivity index (χ4v) is 3.81. The fraction of sp³-hybridized carbons (Fsp3) is 0.292. The number of nitrogens with zero attached hydrogens (tertiary/aromatic N) is 5. The molecule has 0 radical (unpaired) electrons. The Bertz CT molecular complexity index is 1080. The highest BCUT2D eigenvalue weighted by Crippen LogP contribution is 2.29. The van der Waals surface area contributed by atoms with Crippen LogP contribution in [0.4, 0.5) is 11.5 Å². The van der Waals surface area contributed by atoms with Crippen molar-refractivity contribution in [3.8, 4) is 5.69 Å². The third kappa shape index (κ3) is 4.45. The lowest BCUT2D eigenvalue weighted by molar-refractivity contribution is 0.0955. The molecule has 1 N–H and O–H groups in total. The maximum Gasteiger partial charge on any atom is 0.271 e. The van der Waals surface area contributed by atoms with Crippen molar-refractivity contribution >= 4 is 23.6 Å².